The predicted molar refractivity (Wildman–Crippen MR) is 260 cm³/mol. The van der Waals surface area contributed by atoms with E-state index < -0.39 is 0 Å². The first-order valence-electron chi connectivity index (χ1n) is 26.6. The number of hydrogen-bond donors (Lipinski definition) is 2. The number of nitrogens with two attached hydrogens (primary N) is 1. The van der Waals surface area contributed by atoms with Crippen molar-refractivity contribution in [3.8, 4) is 0 Å². The Morgan fingerprint density at radius 2 is 0.846 bits per heavy atom. The Morgan fingerprint density at radius 3 is 1.15 bits per heavy atom. The van der Waals surface area contributed by atoms with Crippen molar-refractivity contribution in [2.24, 2.45) is 114 Å². The molecule has 0 aliphatic heterocycles. The summed E-state index contributed by atoms with van der Waals surface area (Å²) in [7, 11) is 0. The number of azide groups is 1. The molecule has 3 N–H and O–H groups in total. The molecule has 8 heteroatoms. The average Bonchev–Trinajstić information content (AvgIpc) is 3.84. The molecule has 9 aliphatic rings. The molecule has 0 saturated heterocycles. The van der Waals surface area contributed by atoms with Crippen LogP contribution in [-0.2, 0) is 98.1 Å². The number of fused-ring (bicyclic) bond motifs is 3. The van der Waals surface area contributed by atoms with E-state index in [1.807, 2.05) is 0 Å². The van der Waals surface area contributed by atoms with Crippen LogP contribution in [0.3, 0.4) is 0 Å². The van der Waals surface area contributed by atoms with Gasteiger partial charge in [0.15, 0.2) is 0 Å². The molecular formula is C57H96N4OY3-6. The van der Waals surface area contributed by atoms with Gasteiger partial charge in [-0.2, -0.15) is 53.3 Å². The maximum absolute atomic E-state index is 9.78. The summed E-state index contributed by atoms with van der Waals surface area (Å²) in [5.74, 6) is 9.20. The Balaban J connectivity index is 0.000000209. The van der Waals surface area contributed by atoms with E-state index in [0.29, 0.717) is 62.2 Å². The van der Waals surface area contributed by atoms with Gasteiger partial charge < -0.3 is 50.9 Å². The second kappa shape index (κ2) is 23.8. The first kappa shape index (κ1) is 60.1. The van der Waals surface area contributed by atoms with Crippen LogP contribution in [-0.4, -0.2) is 23.3 Å². The van der Waals surface area contributed by atoms with Gasteiger partial charge in [0, 0.05) is 115 Å². The molecule has 0 aromatic rings. The summed E-state index contributed by atoms with van der Waals surface area (Å²) in [6, 6.07) is 0.591. The molecule has 0 aromatic carbocycles. The number of aliphatic hydroxyl groups excluding tert-OH is 1. The van der Waals surface area contributed by atoms with Crippen molar-refractivity contribution >= 4 is 0 Å². The molecular weight excluding hydrogens is 1020 g/mol. The Morgan fingerprint density at radius 1 is 0.492 bits per heavy atom. The summed E-state index contributed by atoms with van der Waals surface area (Å²) in [5.41, 5.74) is 17.4. The third-order valence-corrected chi connectivity index (χ3v) is 23.2. The van der Waals surface area contributed by atoms with E-state index in [1.165, 1.54) is 89.9 Å². The zero-order valence-electron chi connectivity index (χ0n) is 43.5. The average molecular weight is 1120 g/mol. The van der Waals surface area contributed by atoms with E-state index in [-0.39, 0.29) is 110 Å². The standard InChI is InChI=1S/C19H31N3.C19H33N.C19H32O.3Y/c1-13-5-6-17-14(2)16(9-12-19(13,17)4)18(3)10-7-15(8-11-18)21-22-20;2*1-13-5-6-17-14(2)16(9-12-19(13,17)4)18(3)10-7-15(20)8-11-18;;;/h10,13-17H,2,5-9,11-12H2,1,3-4H3;10,13-17H,2,5-9,11-12,20H2,1,3-4H3;10,13-17,20H,2,5-9,11-12H2,1,3-4H3;;;/q3*-2;;;. The van der Waals surface area contributed by atoms with Gasteiger partial charge in [0.25, 0.3) is 0 Å². The van der Waals surface area contributed by atoms with Gasteiger partial charge in [-0.15, -0.1) is 0 Å². The fourth-order valence-electron chi connectivity index (χ4n) is 17.6. The van der Waals surface area contributed by atoms with E-state index in [0.717, 1.165) is 92.3 Å². The van der Waals surface area contributed by atoms with Crippen molar-refractivity contribution in [2.45, 2.75) is 215 Å². The Hall–Kier alpha value is 2.54. The van der Waals surface area contributed by atoms with Crippen molar-refractivity contribution in [3.63, 3.8) is 0 Å². The fourth-order valence-corrected chi connectivity index (χ4v) is 17.6. The number of hydrogen-bond acceptors (Lipinski definition) is 3. The van der Waals surface area contributed by atoms with Crippen molar-refractivity contribution in [2.75, 3.05) is 0 Å². The van der Waals surface area contributed by atoms with E-state index in [9.17, 15) is 5.11 Å². The minimum Gasteiger partial charge on any atom is -0.396 e. The number of nitrogens with zero attached hydrogens (tertiary/aromatic N) is 3. The van der Waals surface area contributed by atoms with Crippen LogP contribution in [0.2, 0.25) is 0 Å². The third kappa shape index (κ3) is 11.9. The van der Waals surface area contributed by atoms with Crippen LogP contribution in [0.25, 0.3) is 10.4 Å². The van der Waals surface area contributed by atoms with Crippen LogP contribution in [0.4, 0.5) is 0 Å². The second-order valence-corrected chi connectivity index (χ2v) is 25.9. The fraction of sp³-hybridized carbons (Fsp3) is 0.895. The molecule has 5 nitrogen and oxygen atoms in total. The first-order chi connectivity index (χ1) is 29.1. The van der Waals surface area contributed by atoms with Gasteiger partial charge >= 0.3 is 0 Å². The monoisotopic (exact) mass is 1120 g/mol. The van der Waals surface area contributed by atoms with Gasteiger partial charge in [-0.3, -0.25) is 0 Å². The van der Waals surface area contributed by atoms with E-state index in [4.69, 9.17) is 11.3 Å². The zero-order chi connectivity index (χ0) is 45.0. The molecule has 0 bridgehead atoms. The van der Waals surface area contributed by atoms with Crippen LogP contribution in [0, 0.1) is 144 Å². The number of rotatable bonds is 4. The van der Waals surface area contributed by atoms with Gasteiger partial charge in [-0.1, -0.05) is 161 Å². The van der Waals surface area contributed by atoms with Crippen LogP contribution in [0.1, 0.15) is 197 Å². The maximum Gasteiger partial charge on any atom is 0.0271 e. The maximum atomic E-state index is 9.78. The Labute approximate surface area is 478 Å². The summed E-state index contributed by atoms with van der Waals surface area (Å²) < 4.78 is 0. The molecule has 9 aliphatic carbocycles. The van der Waals surface area contributed by atoms with E-state index >= 15 is 0 Å². The van der Waals surface area contributed by atoms with Crippen LogP contribution in [0.15, 0.2) is 5.11 Å². The normalized spacial score (nSPS) is 52.4. The summed E-state index contributed by atoms with van der Waals surface area (Å²) in [4.78, 5) is 2.99. The second-order valence-electron chi connectivity index (χ2n) is 25.9. The van der Waals surface area contributed by atoms with Crippen LogP contribution >= 0.6 is 0 Å². The summed E-state index contributed by atoms with van der Waals surface area (Å²) in [6.45, 7) is 36.4. The molecule has 0 heterocycles. The molecule has 21 atom stereocenters. The van der Waals surface area contributed by atoms with E-state index in [2.05, 4.69) is 112 Å². The van der Waals surface area contributed by atoms with Crippen molar-refractivity contribution < 1.29 is 103 Å². The molecule has 9 fully saturated rings. The summed E-state index contributed by atoms with van der Waals surface area (Å²) >= 11 is 0. The SMILES string of the molecule is [CH2-]C1C(C2(C)[CH-]CC(N)CC2)CCC2(C)C(C)CCC12.[CH2-]C1C(C2(C)[CH-]CC(N=[N+]=[N-])CC2)CCC2(C)C(C)CCC12.[CH2-]C1C(C2(C)[CH-]CC(O)CC2)CCC2(C)C(C)CCC12.[Y].[Y].[Y]. The van der Waals surface area contributed by atoms with E-state index in [1.54, 1.807) is 0 Å². The molecule has 21 unspecified atom stereocenters. The molecule has 3 radical (unpaired) electrons. The minimum atomic E-state index is -0.0910. The summed E-state index contributed by atoms with van der Waals surface area (Å²) in [6.07, 6.45) is 33.8. The Kier molecular flexibility index (Phi) is 22.0. The molecule has 9 rings (SSSR count). The molecule has 9 saturated carbocycles. The smallest absolute Gasteiger partial charge is 0.0271 e. The Bertz CT molecular complexity index is 1480. The van der Waals surface area contributed by atoms with Crippen molar-refractivity contribution in [3.05, 3.63) is 50.5 Å². The topological polar surface area (TPSA) is 95.0 Å². The van der Waals surface area contributed by atoms with Crippen molar-refractivity contribution in [1.29, 1.82) is 0 Å². The van der Waals surface area contributed by atoms with Gasteiger partial charge in [0.2, 0.25) is 0 Å². The minimum absolute atomic E-state index is 0. The van der Waals surface area contributed by atoms with Crippen molar-refractivity contribution in [1.82, 2.24) is 0 Å². The zero-order valence-corrected chi connectivity index (χ0v) is 52.0. The summed E-state index contributed by atoms with van der Waals surface area (Å²) in [5, 5.41) is 13.7. The van der Waals surface area contributed by atoms with Gasteiger partial charge in [0.05, 0.1) is 0 Å². The quantitative estimate of drug-likeness (QED) is 0.127. The third-order valence-electron chi connectivity index (χ3n) is 23.2. The molecule has 0 amide bonds. The molecule has 365 valence electrons. The van der Waals surface area contributed by atoms with Gasteiger partial charge in [-0.25, -0.2) is 0 Å². The predicted octanol–water partition coefficient (Wildman–Crippen LogP) is 15.2. The largest absolute Gasteiger partial charge is 0.396 e. The van der Waals surface area contributed by atoms with Crippen LogP contribution < -0.4 is 5.73 Å². The van der Waals surface area contributed by atoms with Gasteiger partial charge in [0.1, 0.15) is 0 Å². The number of aliphatic hydroxyl groups is 1. The molecule has 65 heavy (non-hydrogen) atoms. The molecule has 0 spiro atoms. The van der Waals surface area contributed by atoms with Crippen LogP contribution in [0.5, 0.6) is 0 Å². The first-order valence-corrected chi connectivity index (χ1v) is 26.6. The molecule has 0 aromatic heterocycles. The van der Waals surface area contributed by atoms with Gasteiger partial charge in [-0.05, 0) is 103 Å².